The molecule has 1 aliphatic heterocycles. The summed E-state index contributed by atoms with van der Waals surface area (Å²) in [5.74, 6) is 0.322. The molecule has 122 valence electrons. The molecule has 0 aliphatic carbocycles. The van der Waals surface area contributed by atoms with Crippen molar-refractivity contribution in [3.05, 3.63) is 24.3 Å². The third kappa shape index (κ3) is 4.71. The van der Waals surface area contributed by atoms with E-state index in [4.69, 9.17) is 5.73 Å². The van der Waals surface area contributed by atoms with Gasteiger partial charge in [0.05, 0.1) is 6.04 Å². The molecular formula is C16H24ClN3O2. The van der Waals surface area contributed by atoms with Crippen molar-refractivity contribution in [1.82, 2.24) is 0 Å². The molecule has 0 bridgehead atoms. The Hall–Kier alpha value is -1.59. The SMILES string of the molecule is CC(C)C[C@H](N)C(=O)Nc1cccc(N2CCCC2=O)c1.Cl. The Kier molecular flexibility index (Phi) is 6.84. The Morgan fingerprint density at radius 1 is 1.41 bits per heavy atom. The van der Waals surface area contributed by atoms with Crippen LogP contribution in [0.4, 0.5) is 11.4 Å². The average molecular weight is 326 g/mol. The van der Waals surface area contributed by atoms with Crippen molar-refractivity contribution < 1.29 is 9.59 Å². The van der Waals surface area contributed by atoms with E-state index in [-0.39, 0.29) is 24.2 Å². The quantitative estimate of drug-likeness (QED) is 0.873. The molecule has 0 radical (unpaired) electrons. The lowest BCUT2D eigenvalue weighted by Crippen LogP contribution is -2.36. The number of nitrogens with two attached hydrogens (primary N) is 1. The van der Waals surface area contributed by atoms with E-state index in [0.29, 0.717) is 24.4 Å². The molecule has 6 heteroatoms. The van der Waals surface area contributed by atoms with Gasteiger partial charge in [0.25, 0.3) is 0 Å². The molecule has 1 heterocycles. The fourth-order valence-electron chi connectivity index (χ4n) is 2.52. The fraction of sp³-hybridized carbons (Fsp3) is 0.500. The van der Waals surface area contributed by atoms with Gasteiger partial charge in [0.1, 0.15) is 0 Å². The molecule has 1 saturated heterocycles. The minimum atomic E-state index is -0.512. The molecule has 1 atom stereocenters. The van der Waals surface area contributed by atoms with E-state index in [2.05, 4.69) is 5.32 Å². The molecule has 0 saturated carbocycles. The van der Waals surface area contributed by atoms with E-state index in [9.17, 15) is 9.59 Å². The van der Waals surface area contributed by atoms with Gasteiger partial charge in [-0.05, 0) is 37.0 Å². The van der Waals surface area contributed by atoms with Crippen molar-refractivity contribution in [3.8, 4) is 0 Å². The van der Waals surface area contributed by atoms with Crippen molar-refractivity contribution >= 4 is 35.6 Å². The lowest BCUT2D eigenvalue weighted by atomic mass is 10.0. The largest absolute Gasteiger partial charge is 0.325 e. The number of nitrogens with zero attached hydrogens (tertiary/aromatic N) is 1. The zero-order chi connectivity index (χ0) is 15.4. The van der Waals surface area contributed by atoms with Gasteiger partial charge in [0, 0.05) is 24.3 Å². The van der Waals surface area contributed by atoms with Crippen LogP contribution in [0.25, 0.3) is 0 Å². The van der Waals surface area contributed by atoms with Crippen LogP contribution in [-0.4, -0.2) is 24.4 Å². The molecule has 22 heavy (non-hydrogen) atoms. The number of benzene rings is 1. The number of amides is 2. The van der Waals surface area contributed by atoms with E-state index in [1.807, 2.05) is 38.1 Å². The summed E-state index contributed by atoms with van der Waals surface area (Å²) in [6.07, 6.45) is 2.13. The zero-order valence-corrected chi connectivity index (χ0v) is 13.9. The van der Waals surface area contributed by atoms with Gasteiger partial charge in [-0.15, -0.1) is 12.4 Å². The van der Waals surface area contributed by atoms with Crippen molar-refractivity contribution in [2.75, 3.05) is 16.8 Å². The number of hydrogen-bond donors (Lipinski definition) is 2. The van der Waals surface area contributed by atoms with Crippen LogP contribution >= 0.6 is 12.4 Å². The Balaban J connectivity index is 0.00000242. The molecular weight excluding hydrogens is 302 g/mol. The lowest BCUT2D eigenvalue weighted by molar-refractivity contribution is -0.118. The van der Waals surface area contributed by atoms with Crippen LogP contribution in [-0.2, 0) is 9.59 Å². The van der Waals surface area contributed by atoms with Gasteiger partial charge in [-0.25, -0.2) is 0 Å². The number of carbonyl (C=O) groups excluding carboxylic acids is 2. The number of carbonyl (C=O) groups is 2. The van der Waals surface area contributed by atoms with Crippen molar-refractivity contribution in [2.45, 2.75) is 39.2 Å². The maximum Gasteiger partial charge on any atom is 0.241 e. The third-order valence-electron chi connectivity index (χ3n) is 3.56. The molecule has 0 spiro atoms. The predicted octanol–water partition coefficient (Wildman–Crippen LogP) is 2.55. The van der Waals surface area contributed by atoms with E-state index >= 15 is 0 Å². The number of halogens is 1. The van der Waals surface area contributed by atoms with Gasteiger partial charge in [0.2, 0.25) is 11.8 Å². The van der Waals surface area contributed by atoms with Crippen LogP contribution in [0.2, 0.25) is 0 Å². The van der Waals surface area contributed by atoms with Gasteiger partial charge < -0.3 is 16.0 Å². The number of rotatable bonds is 5. The first-order valence-corrected chi connectivity index (χ1v) is 7.44. The maximum absolute atomic E-state index is 12.0. The molecule has 0 unspecified atom stereocenters. The van der Waals surface area contributed by atoms with Gasteiger partial charge in [-0.3, -0.25) is 9.59 Å². The summed E-state index contributed by atoms with van der Waals surface area (Å²) in [4.78, 5) is 25.5. The fourth-order valence-corrected chi connectivity index (χ4v) is 2.52. The highest BCUT2D eigenvalue weighted by Gasteiger charge is 2.22. The van der Waals surface area contributed by atoms with E-state index in [0.717, 1.165) is 18.7 Å². The molecule has 1 fully saturated rings. The van der Waals surface area contributed by atoms with Crippen molar-refractivity contribution in [3.63, 3.8) is 0 Å². The second-order valence-corrected chi connectivity index (χ2v) is 5.92. The summed E-state index contributed by atoms with van der Waals surface area (Å²) in [7, 11) is 0. The second-order valence-electron chi connectivity index (χ2n) is 5.92. The predicted molar refractivity (Wildman–Crippen MR) is 91.3 cm³/mol. The molecule has 5 nitrogen and oxygen atoms in total. The topological polar surface area (TPSA) is 75.4 Å². The van der Waals surface area contributed by atoms with Gasteiger partial charge in [-0.2, -0.15) is 0 Å². The Bertz CT molecular complexity index is 534. The molecule has 0 aromatic heterocycles. The summed E-state index contributed by atoms with van der Waals surface area (Å²) >= 11 is 0. The molecule has 2 rings (SSSR count). The highest BCUT2D eigenvalue weighted by atomic mass is 35.5. The molecule has 1 aromatic carbocycles. The average Bonchev–Trinajstić information content (AvgIpc) is 2.84. The van der Waals surface area contributed by atoms with Gasteiger partial charge in [-0.1, -0.05) is 19.9 Å². The molecule has 2 amide bonds. The van der Waals surface area contributed by atoms with Crippen LogP contribution in [0.1, 0.15) is 33.1 Å². The highest BCUT2D eigenvalue weighted by Crippen LogP contribution is 2.24. The Morgan fingerprint density at radius 3 is 2.73 bits per heavy atom. The molecule has 1 aliphatic rings. The minimum absolute atomic E-state index is 0. The van der Waals surface area contributed by atoms with E-state index in [1.54, 1.807) is 4.90 Å². The standard InChI is InChI=1S/C16H23N3O2.ClH/c1-11(2)9-14(17)16(21)18-12-5-3-6-13(10-12)19-8-4-7-15(19)20;/h3,5-6,10-11,14H,4,7-9,17H2,1-2H3,(H,18,21);1H/t14-;/m0./s1. The molecule has 1 aromatic rings. The number of anilines is 2. The number of hydrogen-bond acceptors (Lipinski definition) is 3. The summed E-state index contributed by atoms with van der Waals surface area (Å²) in [6, 6.07) is 6.84. The smallest absolute Gasteiger partial charge is 0.241 e. The van der Waals surface area contributed by atoms with E-state index < -0.39 is 6.04 Å². The summed E-state index contributed by atoms with van der Waals surface area (Å²) < 4.78 is 0. The third-order valence-corrected chi connectivity index (χ3v) is 3.56. The normalized spacial score (nSPS) is 15.6. The van der Waals surface area contributed by atoms with Gasteiger partial charge >= 0.3 is 0 Å². The van der Waals surface area contributed by atoms with Crippen LogP contribution in [0.5, 0.6) is 0 Å². The number of nitrogens with one attached hydrogen (secondary N) is 1. The van der Waals surface area contributed by atoms with Crippen molar-refractivity contribution in [2.24, 2.45) is 11.7 Å². The minimum Gasteiger partial charge on any atom is -0.325 e. The summed E-state index contributed by atoms with van der Waals surface area (Å²) in [5, 5.41) is 2.82. The lowest BCUT2D eigenvalue weighted by Gasteiger charge is -2.18. The zero-order valence-electron chi connectivity index (χ0n) is 13.0. The first kappa shape index (κ1) is 18.5. The first-order chi connectivity index (χ1) is 9.97. The van der Waals surface area contributed by atoms with E-state index in [1.165, 1.54) is 0 Å². The van der Waals surface area contributed by atoms with Crippen LogP contribution in [0.3, 0.4) is 0 Å². The van der Waals surface area contributed by atoms with Crippen LogP contribution in [0.15, 0.2) is 24.3 Å². The Morgan fingerprint density at radius 2 is 2.14 bits per heavy atom. The second kappa shape index (κ2) is 8.15. The molecule has 3 N–H and O–H groups in total. The van der Waals surface area contributed by atoms with Gasteiger partial charge in [0.15, 0.2) is 0 Å². The van der Waals surface area contributed by atoms with Crippen LogP contribution in [0, 0.1) is 5.92 Å². The monoisotopic (exact) mass is 325 g/mol. The summed E-state index contributed by atoms with van der Waals surface area (Å²) in [6.45, 7) is 4.81. The highest BCUT2D eigenvalue weighted by molar-refractivity contribution is 5.98. The van der Waals surface area contributed by atoms with Crippen molar-refractivity contribution in [1.29, 1.82) is 0 Å². The maximum atomic E-state index is 12.0. The van der Waals surface area contributed by atoms with Crippen LogP contribution < -0.4 is 16.0 Å². The Labute approximate surface area is 137 Å². The first-order valence-electron chi connectivity index (χ1n) is 7.44. The summed E-state index contributed by atoms with van der Waals surface area (Å²) in [5.41, 5.74) is 7.38.